The van der Waals surface area contributed by atoms with Crippen LogP contribution in [0.3, 0.4) is 0 Å². The van der Waals surface area contributed by atoms with Crippen LogP contribution in [0.5, 0.6) is 0 Å². The average Bonchev–Trinajstić information content (AvgIpc) is 2.64. The molecule has 29 heavy (non-hydrogen) atoms. The Morgan fingerprint density at radius 1 is 1.00 bits per heavy atom. The van der Waals surface area contributed by atoms with Gasteiger partial charge in [-0.1, -0.05) is 38.1 Å². The molecule has 1 aromatic carbocycles. The summed E-state index contributed by atoms with van der Waals surface area (Å²) in [5, 5.41) is 0. The summed E-state index contributed by atoms with van der Waals surface area (Å²) < 4.78 is 23.1. The van der Waals surface area contributed by atoms with E-state index in [-0.39, 0.29) is 11.0 Å². The molecule has 0 aliphatic carbocycles. The van der Waals surface area contributed by atoms with Crippen LogP contribution in [0.4, 0.5) is 0 Å². The van der Waals surface area contributed by atoms with Crippen molar-refractivity contribution in [1.82, 2.24) is 0 Å². The second-order valence-corrected chi connectivity index (χ2v) is 9.70. The van der Waals surface area contributed by atoms with Gasteiger partial charge in [-0.15, -0.1) is 0 Å². The summed E-state index contributed by atoms with van der Waals surface area (Å²) >= 11 is 0. The SMILES string of the molecule is CCC1(CO/C(C)=C/c2ccc(COC(C)(C)CC3(CC)COC3)cc2)COC1. The third-order valence-corrected chi connectivity index (χ3v) is 6.52. The molecule has 2 fully saturated rings. The summed E-state index contributed by atoms with van der Waals surface area (Å²) in [6.07, 6.45) is 5.38. The van der Waals surface area contributed by atoms with Crippen molar-refractivity contribution in [1.29, 1.82) is 0 Å². The van der Waals surface area contributed by atoms with Gasteiger partial charge in [0.05, 0.1) is 56.4 Å². The first kappa shape index (κ1) is 22.3. The highest BCUT2D eigenvalue weighted by Gasteiger charge is 2.41. The Kier molecular flexibility index (Phi) is 7.08. The highest BCUT2D eigenvalue weighted by atomic mass is 16.5. The van der Waals surface area contributed by atoms with Crippen molar-refractivity contribution in [2.45, 2.75) is 66.1 Å². The van der Waals surface area contributed by atoms with Gasteiger partial charge in [0.25, 0.3) is 0 Å². The van der Waals surface area contributed by atoms with E-state index in [2.05, 4.69) is 58.0 Å². The van der Waals surface area contributed by atoms with E-state index in [0.29, 0.717) is 12.0 Å². The van der Waals surface area contributed by atoms with Gasteiger partial charge < -0.3 is 18.9 Å². The number of rotatable bonds is 11. The zero-order chi connectivity index (χ0) is 21.0. The molecule has 2 aliphatic heterocycles. The first-order valence-electron chi connectivity index (χ1n) is 11.0. The summed E-state index contributed by atoms with van der Waals surface area (Å²) in [7, 11) is 0. The summed E-state index contributed by atoms with van der Waals surface area (Å²) in [5.74, 6) is 0.947. The number of allylic oxidation sites excluding steroid dienone is 1. The molecule has 2 saturated heterocycles. The second-order valence-electron chi connectivity index (χ2n) is 9.70. The lowest BCUT2D eigenvalue weighted by molar-refractivity contribution is -0.161. The van der Waals surface area contributed by atoms with Gasteiger partial charge in [0.1, 0.15) is 0 Å². The normalized spacial score (nSPS) is 20.7. The molecule has 162 valence electrons. The molecule has 0 atom stereocenters. The fourth-order valence-electron chi connectivity index (χ4n) is 4.09. The number of benzene rings is 1. The predicted octanol–water partition coefficient (Wildman–Crippen LogP) is 5.60. The Labute approximate surface area is 176 Å². The van der Waals surface area contributed by atoms with E-state index in [1.807, 2.05) is 6.92 Å². The number of ether oxygens (including phenoxy) is 4. The van der Waals surface area contributed by atoms with Crippen LogP contribution in [0.1, 0.15) is 65.0 Å². The lowest BCUT2D eigenvalue weighted by Gasteiger charge is -2.45. The van der Waals surface area contributed by atoms with E-state index < -0.39 is 0 Å². The molecule has 0 aromatic heterocycles. The smallest absolute Gasteiger partial charge is 0.0977 e. The molecule has 4 heteroatoms. The van der Waals surface area contributed by atoms with Crippen molar-refractivity contribution in [3.63, 3.8) is 0 Å². The van der Waals surface area contributed by atoms with Crippen molar-refractivity contribution < 1.29 is 18.9 Å². The topological polar surface area (TPSA) is 36.9 Å². The molecule has 4 nitrogen and oxygen atoms in total. The summed E-state index contributed by atoms with van der Waals surface area (Å²) in [6.45, 7) is 15.6. The van der Waals surface area contributed by atoms with E-state index in [0.717, 1.165) is 63.6 Å². The van der Waals surface area contributed by atoms with E-state index >= 15 is 0 Å². The lowest BCUT2D eigenvalue weighted by Crippen LogP contribution is -2.47. The molecule has 0 radical (unpaired) electrons. The van der Waals surface area contributed by atoms with E-state index in [1.165, 1.54) is 5.56 Å². The minimum Gasteiger partial charge on any atom is -0.497 e. The van der Waals surface area contributed by atoms with Crippen LogP contribution in [0.25, 0.3) is 6.08 Å². The molecule has 3 rings (SSSR count). The van der Waals surface area contributed by atoms with Gasteiger partial charge in [-0.2, -0.15) is 0 Å². The fraction of sp³-hybridized carbons (Fsp3) is 0.680. The first-order valence-corrected chi connectivity index (χ1v) is 11.0. The second kappa shape index (κ2) is 9.20. The minimum atomic E-state index is -0.150. The summed E-state index contributed by atoms with van der Waals surface area (Å²) in [6, 6.07) is 8.55. The van der Waals surface area contributed by atoms with Crippen LogP contribution in [-0.4, -0.2) is 38.6 Å². The first-order chi connectivity index (χ1) is 13.8. The highest BCUT2D eigenvalue weighted by Crippen LogP contribution is 2.40. The van der Waals surface area contributed by atoms with Crippen molar-refractivity contribution >= 4 is 6.08 Å². The fourth-order valence-corrected chi connectivity index (χ4v) is 4.09. The number of hydrogen-bond acceptors (Lipinski definition) is 4. The van der Waals surface area contributed by atoms with Gasteiger partial charge in [0.2, 0.25) is 0 Å². The Morgan fingerprint density at radius 3 is 2.07 bits per heavy atom. The van der Waals surface area contributed by atoms with Crippen molar-refractivity contribution in [3.05, 3.63) is 41.2 Å². The maximum atomic E-state index is 6.27. The van der Waals surface area contributed by atoms with Gasteiger partial charge >= 0.3 is 0 Å². The van der Waals surface area contributed by atoms with Crippen LogP contribution in [0.15, 0.2) is 30.0 Å². The zero-order valence-corrected chi connectivity index (χ0v) is 18.9. The van der Waals surface area contributed by atoms with Gasteiger partial charge in [-0.3, -0.25) is 0 Å². The maximum Gasteiger partial charge on any atom is 0.0977 e. The lowest BCUT2D eigenvalue weighted by atomic mass is 9.74. The largest absolute Gasteiger partial charge is 0.497 e. The average molecular weight is 403 g/mol. The number of hydrogen-bond donors (Lipinski definition) is 0. The van der Waals surface area contributed by atoms with E-state index in [9.17, 15) is 0 Å². The molecule has 0 bridgehead atoms. The van der Waals surface area contributed by atoms with Gasteiger partial charge in [-0.05, 0) is 57.2 Å². The molecule has 0 N–H and O–H groups in total. The highest BCUT2D eigenvalue weighted by molar-refractivity contribution is 5.51. The van der Waals surface area contributed by atoms with Crippen LogP contribution >= 0.6 is 0 Å². The Balaban J connectivity index is 1.48. The zero-order valence-electron chi connectivity index (χ0n) is 18.9. The maximum absolute atomic E-state index is 6.27. The molecule has 2 heterocycles. The van der Waals surface area contributed by atoms with Crippen LogP contribution in [0, 0.1) is 10.8 Å². The van der Waals surface area contributed by atoms with Crippen molar-refractivity contribution in [3.8, 4) is 0 Å². The molecule has 0 unspecified atom stereocenters. The van der Waals surface area contributed by atoms with E-state index in [4.69, 9.17) is 18.9 Å². The van der Waals surface area contributed by atoms with Gasteiger partial charge in [0, 0.05) is 5.41 Å². The van der Waals surface area contributed by atoms with Crippen molar-refractivity contribution in [2.75, 3.05) is 33.0 Å². The molecule has 1 aromatic rings. The third kappa shape index (κ3) is 5.84. The monoisotopic (exact) mass is 402 g/mol. The summed E-state index contributed by atoms with van der Waals surface area (Å²) in [5.41, 5.74) is 2.71. The molecule has 2 aliphatic rings. The Hall–Kier alpha value is -1.36. The van der Waals surface area contributed by atoms with Crippen LogP contribution < -0.4 is 0 Å². The molecular weight excluding hydrogens is 364 g/mol. The molecule has 0 spiro atoms. The molecule has 0 saturated carbocycles. The van der Waals surface area contributed by atoms with Crippen LogP contribution in [0.2, 0.25) is 0 Å². The Bertz CT molecular complexity index is 670. The standard InChI is InChI=1S/C25H38O4/c1-6-24(15-26-16-24)14-23(4,5)29-13-22-10-8-21(9-11-22)12-20(3)28-19-25(7-2)17-27-18-25/h8-12H,6-7,13-19H2,1-5H3/b20-12+. The minimum absolute atomic E-state index is 0.150. The van der Waals surface area contributed by atoms with Crippen LogP contribution in [-0.2, 0) is 25.6 Å². The van der Waals surface area contributed by atoms with E-state index in [1.54, 1.807) is 0 Å². The molecular formula is C25H38O4. The van der Waals surface area contributed by atoms with Gasteiger partial charge in [-0.25, -0.2) is 0 Å². The Morgan fingerprint density at radius 2 is 1.59 bits per heavy atom. The predicted molar refractivity (Wildman–Crippen MR) is 117 cm³/mol. The summed E-state index contributed by atoms with van der Waals surface area (Å²) in [4.78, 5) is 0. The quantitative estimate of drug-likeness (QED) is 0.451. The third-order valence-electron chi connectivity index (χ3n) is 6.52. The molecule has 0 amide bonds. The van der Waals surface area contributed by atoms with Crippen molar-refractivity contribution in [2.24, 2.45) is 10.8 Å². The van der Waals surface area contributed by atoms with Gasteiger partial charge in [0.15, 0.2) is 0 Å².